The van der Waals surface area contributed by atoms with Crippen molar-refractivity contribution in [3.63, 3.8) is 0 Å². The van der Waals surface area contributed by atoms with Crippen molar-refractivity contribution in [2.45, 2.75) is 45.1 Å². The molecule has 0 aromatic rings. The number of hydrogen-bond donors (Lipinski definition) is 0. The van der Waals surface area contributed by atoms with Crippen LogP contribution in [-0.4, -0.2) is 37.4 Å². The molecule has 4 nitrogen and oxygen atoms in total. The number of halogens is 7. The molecule has 0 rings (SSSR count). The van der Waals surface area contributed by atoms with E-state index in [4.69, 9.17) is 0 Å². The number of carbonyl (C=O) groups excluding carboxylic acids is 1. The van der Waals surface area contributed by atoms with Crippen LogP contribution in [0.4, 0.5) is 30.7 Å². The highest BCUT2D eigenvalue weighted by atomic mass is 19.4. The van der Waals surface area contributed by atoms with E-state index in [-0.39, 0.29) is 0 Å². The van der Waals surface area contributed by atoms with E-state index in [1.807, 2.05) is 0 Å². The molecule has 0 N–H and O–H groups in total. The van der Waals surface area contributed by atoms with Gasteiger partial charge in [0, 0.05) is 5.41 Å². The largest absolute Gasteiger partial charge is 0.476 e. The van der Waals surface area contributed by atoms with Crippen molar-refractivity contribution >= 4 is 5.97 Å². The Morgan fingerprint density at radius 2 is 1.38 bits per heavy atom. The van der Waals surface area contributed by atoms with Gasteiger partial charge in [-0.15, -0.1) is 0 Å². The summed E-state index contributed by atoms with van der Waals surface area (Å²) >= 11 is 0. The minimum absolute atomic E-state index is 0.883. The lowest BCUT2D eigenvalue weighted by molar-refractivity contribution is -0.416. The van der Waals surface area contributed by atoms with Crippen molar-refractivity contribution in [1.82, 2.24) is 0 Å². The quantitative estimate of drug-likeness (QED) is 0.336. The SMILES string of the molecule is COOC(C(=O)OC(F)(F)C(F)(F)C(F)(F)F)C(C)(C)C. The molecule has 0 bridgehead atoms. The molecule has 0 amide bonds. The Kier molecular flexibility index (Phi) is 5.64. The van der Waals surface area contributed by atoms with Crippen LogP contribution in [0.25, 0.3) is 0 Å². The van der Waals surface area contributed by atoms with Crippen molar-refractivity contribution < 1.29 is 50.0 Å². The minimum atomic E-state index is -6.60. The summed E-state index contributed by atoms with van der Waals surface area (Å²) in [5.41, 5.74) is -1.27. The highest BCUT2D eigenvalue weighted by Crippen LogP contribution is 2.47. The van der Waals surface area contributed by atoms with Crippen LogP contribution in [0.15, 0.2) is 0 Å². The van der Waals surface area contributed by atoms with E-state index >= 15 is 0 Å². The lowest BCUT2D eigenvalue weighted by Crippen LogP contribution is -2.55. The molecule has 1 atom stereocenters. The molecule has 0 fully saturated rings. The fraction of sp³-hybridized carbons (Fsp3) is 0.900. The lowest BCUT2D eigenvalue weighted by atomic mass is 9.89. The van der Waals surface area contributed by atoms with E-state index in [2.05, 4.69) is 14.5 Å². The third-order valence-corrected chi connectivity index (χ3v) is 2.14. The first-order valence-corrected chi connectivity index (χ1v) is 5.32. The van der Waals surface area contributed by atoms with E-state index in [0.717, 1.165) is 7.11 Å². The van der Waals surface area contributed by atoms with Gasteiger partial charge in [-0.3, -0.25) is 0 Å². The van der Waals surface area contributed by atoms with Gasteiger partial charge >= 0.3 is 24.2 Å². The first-order chi connectivity index (χ1) is 9.08. The van der Waals surface area contributed by atoms with E-state index < -0.39 is 35.7 Å². The molecule has 0 aromatic carbocycles. The molecule has 1 unspecified atom stereocenters. The molecule has 0 aliphatic heterocycles. The molecular weight excluding hydrogens is 317 g/mol. The predicted molar refractivity (Wildman–Crippen MR) is 53.4 cm³/mol. The van der Waals surface area contributed by atoms with Crippen LogP contribution >= 0.6 is 0 Å². The summed E-state index contributed by atoms with van der Waals surface area (Å²) in [6.07, 6.45) is -14.6. The highest BCUT2D eigenvalue weighted by Gasteiger charge is 2.76. The van der Waals surface area contributed by atoms with Gasteiger partial charge in [0.1, 0.15) is 0 Å². The molecule has 0 radical (unpaired) electrons. The van der Waals surface area contributed by atoms with Gasteiger partial charge in [-0.2, -0.15) is 30.7 Å². The zero-order valence-electron chi connectivity index (χ0n) is 11.4. The van der Waals surface area contributed by atoms with Crippen LogP contribution in [0.5, 0.6) is 0 Å². The summed E-state index contributed by atoms with van der Waals surface area (Å²) in [5, 5.41) is 0. The Morgan fingerprint density at radius 1 is 0.952 bits per heavy atom. The average Bonchev–Trinajstić information content (AvgIpc) is 2.21. The van der Waals surface area contributed by atoms with Gasteiger partial charge in [0.05, 0.1) is 7.11 Å². The number of rotatable bonds is 5. The van der Waals surface area contributed by atoms with Gasteiger partial charge in [-0.05, 0) is 0 Å². The Balaban J connectivity index is 5.30. The van der Waals surface area contributed by atoms with E-state index in [1.165, 1.54) is 20.8 Å². The van der Waals surface area contributed by atoms with Gasteiger partial charge in [0.2, 0.25) is 0 Å². The summed E-state index contributed by atoms with van der Waals surface area (Å²) in [5.74, 6) is -8.68. The lowest BCUT2D eigenvalue weighted by Gasteiger charge is -2.31. The molecule has 0 heterocycles. The van der Waals surface area contributed by atoms with Crippen LogP contribution < -0.4 is 0 Å². The molecular formula is C10H13F7O4. The van der Waals surface area contributed by atoms with Crippen LogP contribution in [-0.2, 0) is 19.3 Å². The van der Waals surface area contributed by atoms with Crippen LogP contribution in [0.3, 0.4) is 0 Å². The smallest absolute Gasteiger partial charge is 0.394 e. The third kappa shape index (κ3) is 4.43. The number of carbonyl (C=O) groups is 1. The zero-order valence-corrected chi connectivity index (χ0v) is 11.4. The molecule has 0 aromatic heterocycles. The van der Waals surface area contributed by atoms with Crippen LogP contribution in [0.2, 0.25) is 0 Å². The van der Waals surface area contributed by atoms with Gasteiger partial charge in [0.15, 0.2) is 6.10 Å². The molecule has 21 heavy (non-hydrogen) atoms. The average molecular weight is 330 g/mol. The fourth-order valence-corrected chi connectivity index (χ4v) is 1.04. The molecule has 0 aliphatic rings. The number of ether oxygens (including phenoxy) is 1. The monoisotopic (exact) mass is 330 g/mol. The molecule has 11 heteroatoms. The number of esters is 1. The first kappa shape index (κ1) is 19.9. The zero-order chi connectivity index (χ0) is 17.3. The predicted octanol–water partition coefficient (Wildman–Crippen LogP) is 3.31. The summed E-state index contributed by atoms with van der Waals surface area (Å²) in [7, 11) is 0.883. The molecule has 0 saturated carbocycles. The minimum Gasteiger partial charge on any atom is -0.394 e. The maximum atomic E-state index is 12.9. The van der Waals surface area contributed by atoms with Gasteiger partial charge < -0.3 is 4.74 Å². The molecule has 0 saturated heterocycles. The Bertz CT molecular complexity index is 373. The van der Waals surface area contributed by atoms with Crippen LogP contribution in [0.1, 0.15) is 20.8 Å². The number of alkyl halides is 7. The Morgan fingerprint density at radius 3 is 1.67 bits per heavy atom. The summed E-state index contributed by atoms with van der Waals surface area (Å²) in [6.45, 7) is 3.79. The second-order valence-corrected chi connectivity index (χ2v) is 5.02. The standard InChI is InChI=1S/C10H13F7O4/c1-7(2,3)5(21-19-4)6(18)20-10(16,17)8(11,12)9(13,14)15/h5H,1-4H3. The fourth-order valence-electron chi connectivity index (χ4n) is 1.04. The van der Waals surface area contributed by atoms with E-state index in [0.29, 0.717) is 0 Å². The molecule has 126 valence electrons. The first-order valence-electron chi connectivity index (χ1n) is 5.32. The summed E-state index contributed by atoms with van der Waals surface area (Å²) < 4.78 is 89.7. The van der Waals surface area contributed by atoms with Gasteiger partial charge in [0.25, 0.3) is 0 Å². The second-order valence-electron chi connectivity index (χ2n) is 5.02. The van der Waals surface area contributed by atoms with Crippen molar-refractivity contribution in [1.29, 1.82) is 0 Å². The Labute approximate surface area is 115 Å². The molecule has 0 spiro atoms. The van der Waals surface area contributed by atoms with Crippen molar-refractivity contribution in [3.05, 3.63) is 0 Å². The maximum absolute atomic E-state index is 12.9. The van der Waals surface area contributed by atoms with Crippen molar-refractivity contribution in [2.75, 3.05) is 7.11 Å². The van der Waals surface area contributed by atoms with Crippen molar-refractivity contribution in [2.24, 2.45) is 5.41 Å². The highest BCUT2D eigenvalue weighted by molar-refractivity contribution is 5.75. The normalized spacial score (nSPS) is 15.8. The maximum Gasteiger partial charge on any atom is 0.476 e. The van der Waals surface area contributed by atoms with Crippen LogP contribution in [0, 0.1) is 5.41 Å². The van der Waals surface area contributed by atoms with Crippen molar-refractivity contribution in [3.8, 4) is 0 Å². The summed E-state index contributed by atoms with van der Waals surface area (Å²) in [6, 6.07) is 0. The Hall–Kier alpha value is -1.10. The van der Waals surface area contributed by atoms with Gasteiger partial charge in [-0.1, -0.05) is 20.8 Å². The third-order valence-electron chi connectivity index (χ3n) is 2.14. The topological polar surface area (TPSA) is 44.8 Å². The van der Waals surface area contributed by atoms with E-state index in [9.17, 15) is 35.5 Å². The second kappa shape index (κ2) is 5.95. The molecule has 0 aliphatic carbocycles. The number of hydrogen-bond acceptors (Lipinski definition) is 4. The van der Waals surface area contributed by atoms with Gasteiger partial charge in [-0.25, -0.2) is 14.6 Å². The summed E-state index contributed by atoms with van der Waals surface area (Å²) in [4.78, 5) is 19.7. The van der Waals surface area contributed by atoms with E-state index in [1.54, 1.807) is 0 Å².